The molecule has 1 aliphatic rings. The van der Waals surface area contributed by atoms with Gasteiger partial charge in [0.1, 0.15) is 31.0 Å². The molecule has 2 rings (SSSR count). The van der Waals surface area contributed by atoms with Crippen LogP contribution in [0, 0.1) is 10.1 Å². The molecular weight excluding hydrogens is 310 g/mol. The molecule has 0 unspecified atom stereocenters. The zero-order chi connectivity index (χ0) is 16.3. The number of ether oxygens (including phenoxy) is 1. The number of benzene rings is 1. The Labute approximate surface area is 133 Å². The third-order valence-corrected chi connectivity index (χ3v) is 3.69. The summed E-state index contributed by atoms with van der Waals surface area (Å²) in [5, 5.41) is 13.9. The summed E-state index contributed by atoms with van der Waals surface area (Å²) in [6.07, 6.45) is 0.180. The van der Waals surface area contributed by atoms with Gasteiger partial charge in [0.2, 0.25) is 0 Å². The SMILES string of the molecule is C[C@H]1C[NH+](CC(=O)Nc2cc(Cl)ccc2[N+](=O)[O-])C[C@H](C)O1. The molecule has 1 fully saturated rings. The predicted octanol–water partition coefficient (Wildman–Crippen LogP) is 0.879. The lowest BCUT2D eigenvalue weighted by Crippen LogP contribution is -3.16. The van der Waals surface area contributed by atoms with Gasteiger partial charge in [0.25, 0.3) is 11.6 Å². The van der Waals surface area contributed by atoms with Gasteiger partial charge in [-0.3, -0.25) is 14.9 Å². The zero-order valence-electron chi connectivity index (χ0n) is 12.5. The number of carbonyl (C=O) groups excluding carboxylic acids is 1. The van der Waals surface area contributed by atoms with Crippen LogP contribution in [0.1, 0.15) is 13.8 Å². The molecule has 22 heavy (non-hydrogen) atoms. The van der Waals surface area contributed by atoms with Gasteiger partial charge in [0.05, 0.1) is 4.92 Å². The van der Waals surface area contributed by atoms with E-state index in [1.807, 2.05) is 13.8 Å². The quantitative estimate of drug-likeness (QED) is 0.634. The highest BCUT2D eigenvalue weighted by atomic mass is 35.5. The van der Waals surface area contributed by atoms with Crippen molar-refractivity contribution in [1.82, 2.24) is 0 Å². The van der Waals surface area contributed by atoms with Gasteiger partial charge in [-0.05, 0) is 26.0 Å². The van der Waals surface area contributed by atoms with Crippen LogP contribution in [0.15, 0.2) is 18.2 Å². The second-order valence-electron chi connectivity index (χ2n) is 5.56. The fourth-order valence-electron chi connectivity index (χ4n) is 2.72. The number of morpholine rings is 1. The van der Waals surface area contributed by atoms with Crippen molar-refractivity contribution in [3.05, 3.63) is 33.3 Å². The molecule has 0 aliphatic carbocycles. The summed E-state index contributed by atoms with van der Waals surface area (Å²) in [4.78, 5) is 23.7. The van der Waals surface area contributed by atoms with Crippen LogP contribution in [-0.4, -0.2) is 42.7 Å². The Morgan fingerprint density at radius 2 is 2.09 bits per heavy atom. The highest BCUT2D eigenvalue weighted by molar-refractivity contribution is 6.31. The summed E-state index contributed by atoms with van der Waals surface area (Å²) in [5.74, 6) is -0.276. The Morgan fingerprint density at radius 3 is 2.68 bits per heavy atom. The van der Waals surface area contributed by atoms with E-state index in [0.717, 1.165) is 18.0 Å². The largest absolute Gasteiger partial charge is 0.364 e. The van der Waals surface area contributed by atoms with E-state index < -0.39 is 4.92 Å². The third-order valence-electron chi connectivity index (χ3n) is 3.46. The first kappa shape index (κ1) is 16.7. The normalized spacial score (nSPS) is 24.8. The third kappa shape index (κ3) is 4.40. The average Bonchev–Trinajstić information content (AvgIpc) is 2.36. The number of nitro benzene ring substituents is 1. The summed E-state index contributed by atoms with van der Waals surface area (Å²) in [7, 11) is 0. The highest BCUT2D eigenvalue weighted by Crippen LogP contribution is 2.27. The predicted molar refractivity (Wildman–Crippen MR) is 82.3 cm³/mol. The molecule has 0 radical (unpaired) electrons. The van der Waals surface area contributed by atoms with Gasteiger partial charge in [0.15, 0.2) is 6.54 Å². The number of anilines is 1. The fraction of sp³-hybridized carbons (Fsp3) is 0.500. The lowest BCUT2D eigenvalue weighted by atomic mass is 10.2. The summed E-state index contributed by atoms with van der Waals surface area (Å²) in [5.41, 5.74) is -0.0484. The van der Waals surface area contributed by atoms with Crippen LogP contribution in [0.25, 0.3) is 0 Å². The summed E-state index contributed by atoms with van der Waals surface area (Å²) >= 11 is 5.84. The van der Waals surface area contributed by atoms with Gasteiger partial charge in [-0.1, -0.05) is 11.6 Å². The molecule has 7 nitrogen and oxygen atoms in total. The lowest BCUT2D eigenvalue weighted by molar-refractivity contribution is -0.907. The maximum Gasteiger partial charge on any atom is 0.292 e. The van der Waals surface area contributed by atoms with E-state index in [0.29, 0.717) is 5.02 Å². The number of nitrogens with one attached hydrogen (secondary N) is 2. The average molecular weight is 329 g/mol. The molecule has 0 saturated carbocycles. The van der Waals surface area contributed by atoms with Crippen LogP contribution in [0.4, 0.5) is 11.4 Å². The van der Waals surface area contributed by atoms with Crippen molar-refractivity contribution < 1.29 is 19.4 Å². The zero-order valence-corrected chi connectivity index (χ0v) is 13.2. The number of halogens is 1. The van der Waals surface area contributed by atoms with Crippen LogP contribution < -0.4 is 10.2 Å². The molecule has 1 saturated heterocycles. The summed E-state index contributed by atoms with van der Waals surface area (Å²) in [6.45, 7) is 5.64. The Balaban J connectivity index is 2.03. The number of nitrogens with zero attached hydrogens (tertiary/aromatic N) is 1. The minimum absolute atomic E-state index is 0.0899. The van der Waals surface area contributed by atoms with Crippen LogP contribution in [0.3, 0.4) is 0 Å². The first-order valence-electron chi connectivity index (χ1n) is 7.08. The molecule has 1 aliphatic heterocycles. The standard InChI is InChI=1S/C14H18ClN3O4/c1-9-6-17(7-10(2)22-9)8-14(19)16-12-5-11(15)3-4-13(12)18(20)21/h3-5,9-10H,6-8H2,1-2H3,(H,16,19)/p+1/t9-,10-/m0/s1. The van der Waals surface area contributed by atoms with Crippen molar-refractivity contribution in [1.29, 1.82) is 0 Å². The van der Waals surface area contributed by atoms with E-state index in [4.69, 9.17) is 16.3 Å². The fourth-order valence-corrected chi connectivity index (χ4v) is 2.89. The summed E-state index contributed by atoms with van der Waals surface area (Å²) in [6, 6.07) is 4.09. The van der Waals surface area contributed by atoms with Crippen molar-refractivity contribution in [3.63, 3.8) is 0 Å². The van der Waals surface area contributed by atoms with Gasteiger partial charge in [-0.15, -0.1) is 0 Å². The van der Waals surface area contributed by atoms with E-state index in [1.165, 1.54) is 18.2 Å². The smallest absolute Gasteiger partial charge is 0.292 e. The molecule has 8 heteroatoms. The maximum atomic E-state index is 12.1. The Kier molecular flexibility index (Phi) is 5.33. The van der Waals surface area contributed by atoms with Gasteiger partial charge in [0, 0.05) is 11.1 Å². The molecule has 0 aromatic heterocycles. The van der Waals surface area contributed by atoms with E-state index >= 15 is 0 Å². The number of nitro groups is 1. The van der Waals surface area contributed by atoms with Crippen molar-refractivity contribution in [2.24, 2.45) is 0 Å². The van der Waals surface area contributed by atoms with Crippen molar-refractivity contribution in [2.45, 2.75) is 26.1 Å². The van der Waals surface area contributed by atoms with Crippen LogP contribution in [0.5, 0.6) is 0 Å². The van der Waals surface area contributed by atoms with Gasteiger partial charge in [-0.25, -0.2) is 0 Å². The Morgan fingerprint density at radius 1 is 1.45 bits per heavy atom. The highest BCUT2D eigenvalue weighted by Gasteiger charge is 2.27. The van der Waals surface area contributed by atoms with Gasteiger partial charge >= 0.3 is 0 Å². The number of rotatable bonds is 4. The molecule has 1 amide bonds. The maximum absolute atomic E-state index is 12.1. The van der Waals surface area contributed by atoms with Gasteiger partial charge in [-0.2, -0.15) is 0 Å². The molecule has 1 aromatic carbocycles. The van der Waals surface area contributed by atoms with Crippen molar-refractivity contribution in [3.8, 4) is 0 Å². The van der Waals surface area contributed by atoms with Crippen LogP contribution >= 0.6 is 11.6 Å². The minimum Gasteiger partial charge on any atom is -0.364 e. The van der Waals surface area contributed by atoms with E-state index in [-0.39, 0.29) is 36.0 Å². The number of amides is 1. The minimum atomic E-state index is -0.544. The molecule has 2 atom stereocenters. The summed E-state index contributed by atoms with van der Waals surface area (Å²) < 4.78 is 5.62. The molecule has 120 valence electrons. The number of carbonyl (C=O) groups is 1. The number of quaternary nitrogens is 1. The van der Waals surface area contributed by atoms with Gasteiger partial charge < -0.3 is 15.0 Å². The van der Waals surface area contributed by atoms with E-state index in [1.54, 1.807) is 0 Å². The second kappa shape index (κ2) is 7.04. The van der Waals surface area contributed by atoms with E-state index in [9.17, 15) is 14.9 Å². The molecule has 0 spiro atoms. The van der Waals surface area contributed by atoms with E-state index in [2.05, 4.69) is 5.32 Å². The topological polar surface area (TPSA) is 85.9 Å². The Bertz CT molecular complexity index is 571. The van der Waals surface area contributed by atoms with Crippen LogP contribution in [-0.2, 0) is 9.53 Å². The van der Waals surface area contributed by atoms with Crippen molar-refractivity contribution >= 4 is 28.9 Å². The van der Waals surface area contributed by atoms with Crippen molar-refractivity contribution in [2.75, 3.05) is 25.0 Å². The van der Waals surface area contributed by atoms with Crippen LogP contribution in [0.2, 0.25) is 5.02 Å². The number of hydrogen-bond donors (Lipinski definition) is 2. The first-order valence-corrected chi connectivity index (χ1v) is 7.45. The molecule has 2 N–H and O–H groups in total. The second-order valence-corrected chi connectivity index (χ2v) is 6.00. The molecule has 1 aromatic rings. The Hall–Kier alpha value is -1.70. The molecule has 1 heterocycles. The molecule has 0 bridgehead atoms. The number of hydrogen-bond acceptors (Lipinski definition) is 4. The molecular formula is C14H19ClN3O4+. The monoisotopic (exact) mass is 328 g/mol. The lowest BCUT2D eigenvalue weighted by Gasteiger charge is -2.31. The first-order chi connectivity index (χ1) is 10.3.